The lowest BCUT2D eigenvalue weighted by atomic mass is 10.0. The molecule has 1 atom stereocenters. The van der Waals surface area contributed by atoms with Gasteiger partial charge in [0.2, 0.25) is 0 Å². The van der Waals surface area contributed by atoms with Crippen molar-refractivity contribution in [2.75, 3.05) is 11.8 Å². The topological polar surface area (TPSA) is 84.5 Å². The Balaban J connectivity index is 1.80. The van der Waals surface area contributed by atoms with Crippen LogP contribution in [0.25, 0.3) is 0 Å². The molecule has 3 aromatic carbocycles. The third kappa shape index (κ3) is 5.60. The Morgan fingerprint density at radius 2 is 1.69 bits per heavy atom. The van der Waals surface area contributed by atoms with Gasteiger partial charge < -0.3 is 10.1 Å². The summed E-state index contributed by atoms with van der Waals surface area (Å²) in [7, 11) is -2.21. The quantitative estimate of drug-likeness (QED) is 0.463. The van der Waals surface area contributed by atoms with Gasteiger partial charge >= 0.3 is 0 Å². The van der Waals surface area contributed by atoms with E-state index in [9.17, 15) is 13.2 Å². The number of rotatable bonds is 8. The number of halogens is 1. The smallest absolute Gasteiger partial charge is 0.261 e. The maximum atomic E-state index is 13.0. The fourth-order valence-electron chi connectivity index (χ4n) is 3.19. The van der Waals surface area contributed by atoms with Gasteiger partial charge in [-0.25, -0.2) is 8.42 Å². The second-order valence-corrected chi connectivity index (χ2v) is 9.41. The molecule has 0 radical (unpaired) electrons. The summed E-state index contributed by atoms with van der Waals surface area (Å²) in [5, 5.41) is 3.19. The van der Waals surface area contributed by atoms with Crippen LogP contribution < -0.4 is 14.8 Å². The highest BCUT2D eigenvalue weighted by Crippen LogP contribution is 2.25. The summed E-state index contributed by atoms with van der Waals surface area (Å²) in [5.74, 6) is 0.334. The van der Waals surface area contributed by atoms with Crippen LogP contribution in [0.1, 0.15) is 40.9 Å². The lowest BCUT2D eigenvalue weighted by molar-refractivity contribution is 0.0935. The molecule has 6 nitrogen and oxygen atoms in total. The minimum atomic E-state index is -3.80. The van der Waals surface area contributed by atoms with Crippen LogP contribution in [0.3, 0.4) is 0 Å². The van der Waals surface area contributed by atoms with Crippen molar-refractivity contribution in [2.45, 2.75) is 31.2 Å². The predicted octanol–water partition coefficient (Wildman–Crippen LogP) is 5.34. The van der Waals surface area contributed by atoms with E-state index in [-0.39, 0.29) is 27.2 Å². The van der Waals surface area contributed by atoms with Crippen LogP contribution in [0.2, 0.25) is 5.02 Å². The number of ether oxygens (including phenoxy) is 1. The molecule has 0 unspecified atom stereocenters. The molecule has 0 aliphatic carbocycles. The van der Waals surface area contributed by atoms with E-state index in [0.29, 0.717) is 6.42 Å². The van der Waals surface area contributed by atoms with Crippen molar-refractivity contribution in [1.82, 2.24) is 5.32 Å². The van der Waals surface area contributed by atoms with Crippen molar-refractivity contribution < 1.29 is 17.9 Å². The highest BCUT2D eigenvalue weighted by atomic mass is 35.5. The number of sulfonamides is 1. The van der Waals surface area contributed by atoms with Gasteiger partial charge in [0.1, 0.15) is 5.75 Å². The average molecular weight is 473 g/mol. The number of carbonyl (C=O) groups excluding carboxylic acids is 1. The minimum Gasteiger partial charge on any atom is -0.497 e. The summed E-state index contributed by atoms with van der Waals surface area (Å²) in [4.78, 5) is 13.1. The Morgan fingerprint density at radius 3 is 2.28 bits per heavy atom. The molecule has 0 heterocycles. The number of nitrogens with one attached hydrogen (secondary N) is 2. The number of hydrogen-bond acceptors (Lipinski definition) is 4. The fraction of sp³-hybridized carbons (Fsp3) is 0.208. The Hall–Kier alpha value is -3.03. The first kappa shape index (κ1) is 23.6. The lowest BCUT2D eigenvalue weighted by Gasteiger charge is -2.19. The molecule has 0 aliphatic rings. The van der Waals surface area contributed by atoms with Gasteiger partial charge in [-0.3, -0.25) is 9.52 Å². The van der Waals surface area contributed by atoms with Crippen LogP contribution in [0.5, 0.6) is 5.75 Å². The van der Waals surface area contributed by atoms with E-state index >= 15 is 0 Å². The molecule has 2 N–H and O–H groups in total. The molecule has 32 heavy (non-hydrogen) atoms. The van der Waals surface area contributed by atoms with Gasteiger partial charge in [-0.15, -0.1) is 0 Å². The third-order valence-corrected chi connectivity index (χ3v) is 6.75. The molecule has 168 valence electrons. The molecule has 0 aliphatic heterocycles. The molecular formula is C24H25ClN2O4S. The highest BCUT2D eigenvalue weighted by Gasteiger charge is 2.19. The van der Waals surface area contributed by atoms with Gasteiger partial charge in [0, 0.05) is 5.69 Å². The van der Waals surface area contributed by atoms with Crippen LogP contribution in [0.15, 0.2) is 71.6 Å². The molecule has 1 amide bonds. The standard InChI is InChI=1S/C24H25ClN2O4S/c1-4-23(17-7-10-19(31-3)11-8-17)26-24(28)21-15-18(9-14-22(21)25)27-32(29,30)20-12-5-16(2)6-13-20/h5-15,23,27H,4H2,1-3H3,(H,26,28)/t23-/m0/s1. The van der Waals surface area contributed by atoms with Crippen molar-refractivity contribution in [3.05, 3.63) is 88.4 Å². The van der Waals surface area contributed by atoms with E-state index in [0.717, 1.165) is 16.9 Å². The van der Waals surface area contributed by atoms with Crippen LogP contribution >= 0.6 is 11.6 Å². The summed E-state index contributed by atoms with van der Waals surface area (Å²) in [6.07, 6.45) is 0.662. The van der Waals surface area contributed by atoms with Gasteiger partial charge in [0.05, 0.1) is 28.6 Å². The zero-order valence-corrected chi connectivity index (χ0v) is 19.6. The maximum absolute atomic E-state index is 13.0. The second-order valence-electron chi connectivity index (χ2n) is 7.32. The van der Waals surface area contributed by atoms with Crippen molar-refractivity contribution >= 4 is 33.2 Å². The van der Waals surface area contributed by atoms with E-state index in [1.54, 1.807) is 19.2 Å². The summed E-state index contributed by atoms with van der Waals surface area (Å²) < 4.78 is 33.1. The van der Waals surface area contributed by atoms with E-state index in [1.807, 2.05) is 38.1 Å². The molecule has 0 saturated heterocycles. The van der Waals surface area contributed by atoms with Gasteiger partial charge in [0.15, 0.2) is 0 Å². The van der Waals surface area contributed by atoms with Crippen molar-refractivity contribution in [3.63, 3.8) is 0 Å². The number of aryl methyl sites for hydroxylation is 1. The van der Waals surface area contributed by atoms with Gasteiger partial charge in [-0.1, -0.05) is 48.4 Å². The van der Waals surface area contributed by atoms with Crippen molar-refractivity contribution in [3.8, 4) is 5.75 Å². The van der Waals surface area contributed by atoms with E-state index < -0.39 is 15.9 Å². The molecular weight excluding hydrogens is 448 g/mol. The fourth-order valence-corrected chi connectivity index (χ4v) is 4.44. The Morgan fingerprint density at radius 1 is 1.03 bits per heavy atom. The Labute approximate surface area is 193 Å². The molecule has 0 bridgehead atoms. The number of anilines is 1. The van der Waals surface area contributed by atoms with E-state index in [2.05, 4.69) is 10.0 Å². The normalized spacial score (nSPS) is 12.1. The average Bonchev–Trinajstić information content (AvgIpc) is 2.78. The number of amides is 1. The monoisotopic (exact) mass is 472 g/mol. The second kappa shape index (κ2) is 10.1. The molecule has 0 aromatic heterocycles. The third-order valence-electron chi connectivity index (χ3n) is 5.03. The molecule has 0 spiro atoms. The predicted molar refractivity (Wildman–Crippen MR) is 127 cm³/mol. The number of hydrogen-bond donors (Lipinski definition) is 2. The Kier molecular flexibility index (Phi) is 7.43. The minimum absolute atomic E-state index is 0.134. The zero-order chi connectivity index (χ0) is 23.3. The first-order chi connectivity index (χ1) is 15.2. The first-order valence-electron chi connectivity index (χ1n) is 10.1. The van der Waals surface area contributed by atoms with Crippen LogP contribution in [-0.4, -0.2) is 21.4 Å². The number of carbonyl (C=O) groups is 1. The molecule has 0 fully saturated rings. The largest absolute Gasteiger partial charge is 0.497 e. The van der Waals surface area contributed by atoms with E-state index in [4.69, 9.17) is 16.3 Å². The summed E-state index contributed by atoms with van der Waals surface area (Å²) in [6, 6.07) is 18.2. The number of methoxy groups -OCH3 is 1. The molecule has 0 saturated carbocycles. The van der Waals surface area contributed by atoms with Gasteiger partial charge in [0.25, 0.3) is 15.9 Å². The summed E-state index contributed by atoms with van der Waals surface area (Å²) in [6.45, 7) is 3.84. The lowest BCUT2D eigenvalue weighted by Crippen LogP contribution is -2.28. The number of benzene rings is 3. The first-order valence-corrected chi connectivity index (χ1v) is 11.9. The van der Waals surface area contributed by atoms with Crippen LogP contribution in [0, 0.1) is 6.92 Å². The molecule has 3 rings (SSSR count). The maximum Gasteiger partial charge on any atom is 0.261 e. The van der Waals surface area contributed by atoms with E-state index in [1.165, 1.54) is 30.3 Å². The van der Waals surface area contributed by atoms with Gasteiger partial charge in [-0.2, -0.15) is 0 Å². The highest BCUT2D eigenvalue weighted by molar-refractivity contribution is 7.92. The summed E-state index contributed by atoms with van der Waals surface area (Å²) in [5.41, 5.74) is 2.31. The van der Waals surface area contributed by atoms with Crippen molar-refractivity contribution in [1.29, 1.82) is 0 Å². The summed E-state index contributed by atoms with van der Waals surface area (Å²) >= 11 is 6.25. The van der Waals surface area contributed by atoms with Crippen LogP contribution in [0.4, 0.5) is 5.69 Å². The van der Waals surface area contributed by atoms with Crippen molar-refractivity contribution in [2.24, 2.45) is 0 Å². The molecule has 3 aromatic rings. The molecule has 8 heteroatoms. The SMILES string of the molecule is CC[C@H](NC(=O)c1cc(NS(=O)(=O)c2ccc(C)cc2)ccc1Cl)c1ccc(OC)cc1. The Bertz CT molecular complexity index is 1190. The zero-order valence-electron chi connectivity index (χ0n) is 18.1. The van der Waals surface area contributed by atoms with Gasteiger partial charge in [-0.05, 0) is 61.4 Å². The van der Waals surface area contributed by atoms with Crippen LogP contribution in [-0.2, 0) is 10.0 Å².